The van der Waals surface area contributed by atoms with Crippen LogP contribution in [-0.2, 0) is 4.84 Å². The summed E-state index contributed by atoms with van der Waals surface area (Å²) in [6, 6.07) is 25.6. The second kappa shape index (κ2) is 10.9. The maximum Gasteiger partial charge on any atom is 0.356 e. The first-order valence-electron chi connectivity index (χ1n) is 10.9. The third kappa shape index (κ3) is 5.89. The summed E-state index contributed by atoms with van der Waals surface area (Å²) in [5.41, 5.74) is 5.68. The molecule has 1 aliphatic carbocycles. The lowest BCUT2D eigenvalue weighted by molar-refractivity contribution is 0.0196. The Morgan fingerprint density at radius 1 is 0.848 bits per heavy atom. The predicted octanol–water partition coefficient (Wildman–Crippen LogP) is 6.42. The molecule has 0 fully saturated rings. The van der Waals surface area contributed by atoms with Gasteiger partial charge in [-0.2, -0.15) is 0 Å². The van der Waals surface area contributed by atoms with Crippen LogP contribution in [0.2, 0.25) is 0 Å². The number of ketones is 1. The van der Waals surface area contributed by atoms with Crippen molar-refractivity contribution in [2.24, 2.45) is 0 Å². The van der Waals surface area contributed by atoms with Crippen LogP contribution in [0.1, 0.15) is 40.5 Å². The van der Waals surface area contributed by atoms with E-state index in [4.69, 9.17) is 4.84 Å². The van der Waals surface area contributed by atoms with E-state index in [9.17, 15) is 9.59 Å². The van der Waals surface area contributed by atoms with E-state index in [-0.39, 0.29) is 5.78 Å². The minimum atomic E-state index is -0.776. The molecule has 0 aliphatic heterocycles. The minimum absolute atomic E-state index is 0.145. The van der Waals surface area contributed by atoms with Crippen LogP contribution < -0.4 is 5.48 Å². The Hall–Kier alpha value is -3.41. The molecule has 0 saturated heterocycles. The molecule has 0 radical (unpaired) electrons. The summed E-state index contributed by atoms with van der Waals surface area (Å²) in [5.74, 6) is -0.672. The quantitative estimate of drug-likeness (QED) is 0.314. The number of hydroxylamine groups is 1. The Labute approximate surface area is 198 Å². The van der Waals surface area contributed by atoms with Crippen molar-refractivity contribution in [1.29, 1.82) is 0 Å². The highest BCUT2D eigenvalue weighted by Gasteiger charge is 2.27. The molecule has 0 bridgehead atoms. The fraction of sp³-hybridized carbons (Fsp3) is 0.143. The SMILES string of the molecule is CC1=C(C(NOC(=O)c2ccccc2)C(=O)c2ccc(Sc3ccccc3)cc2)C=CCC1. The van der Waals surface area contributed by atoms with Gasteiger partial charge in [-0.15, -0.1) is 5.48 Å². The molecule has 4 rings (SSSR count). The average molecular weight is 456 g/mol. The van der Waals surface area contributed by atoms with Crippen LogP contribution >= 0.6 is 11.8 Å². The first-order valence-corrected chi connectivity index (χ1v) is 11.7. The molecule has 3 aromatic rings. The van der Waals surface area contributed by atoms with Gasteiger partial charge in [0.05, 0.1) is 5.56 Å². The van der Waals surface area contributed by atoms with Gasteiger partial charge in [-0.3, -0.25) is 4.79 Å². The van der Waals surface area contributed by atoms with E-state index in [0.29, 0.717) is 11.1 Å². The molecule has 5 heteroatoms. The van der Waals surface area contributed by atoms with E-state index < -0.39 is 12.0 Å². The maximum atomic E-state index is 13.5. The number of carbonyl (C=O) groups is 2. The fourth-order valence-electron chi connectivity index (χ4n) is 3.62. The van der Waals surface area contributed by atoms with Crippen LogP contribution in [0.3, 0.4) is 0 Å². The van der Waals surface area contributed by atoms with Crippen molar-refractivity contribution in [2.45, 2.75) is 35.6 Å². The van der Waals surface area contributed by atoms with Crippen molar-refractivity contribution in [3.8, 4) is 0 Å². The van der Waals surface area contributed by atoms with Crippen LogP contribution in [0.4, 0.5) is 0 Å². The van der Waals surface area contributed by atoms with Crippen molar-refractivity contribution >= 4 is 23.5 Å². The van der Waals surface area contributed by atoms with E-state index in [1.807, 2.05) is 67.6 Å². The molecule has 0 spiro atoms. The number of hydrogen-bond acceptors (Lipinski definition) is 5. The van der Waals surface area contributed by atoms with Crippen molar-refractivity contribution in [1.82, 2.24) is 5.48 Å². The Bertz CT molecular complexity index is 1170. The molecule has 0 heterocycles. The minimum Gasteiger partial charge on any atom is -0.366 e. The monoisotopic (exact) mass is 455 g/mol. The van der Waals surface area contributed by atoms with Crippen LogP contribution in [0.25, 0.3) is 0 Å². The highest BCUT2D eigenvalue weighted by atomic mass is 32.2. The molecule has 4 nitrogen and oxygen atoms in total. The van der Waals surface area contributed by atoms with Gasteiger partial charge in [0.15, 0.2) is 5.78 Å². The lowest BCUT2D eigenvalue weighted by Gasteiger charge is -2.22. The molecule has 0 aromatic heterocycles. The fourth-order valence-corrected chi connectivity index (χ4v) is 4.46. The Balaban J connectivity index is 1.53. The van der Waals surface area contributed by atoms with Gasteiger partial charge in [0.2, 0.25) is 0 Å². The normalized spacial score (nSPS) is 14.1. The summed E-state index contributed by atoms with van der Waals surface area (Å²) in [5, 5.41) is 0. The summed E-state index contributed by atoms with van der Waals surface area (Å²) >= 11 is 1.64. The number of hydrogen-bond donors (Lipinski definition) is 1. The second-order valence-electron chi connectivity index (χ2n) is 7.79. The van der Waals surface area contributed by atoms with Crippen molar-refractivity contribution in [2.75, 3.05) is 0 Å². The zero-order valence-corrected chi connectivity index (χ0v) is 19.2. The van der Waals surface area contributed by atoms with E-state index in [1.54, 1.807) is 36.0 Å². The highest BCUT2D eigenvalue weighted by Crippen LogP contribution is 2.28. The predicted molar refractivity (Wildman–Crippen MR) is 131 cm³/mol. The van der Waals surface area contributed by atoms with E-state index in [1.165, 1.54) is 0 Å². The van der Waals surface area contributed by atoms with Gasteiger partial charge in [0.25, 0.3) is 0 Å². The zero-order chi connectivity index (χ0) is 23.0. The van der Waals surface area contributed by atoms with Crippen LogP contribution in [0, 0.1) is 0 Å². The molecule has 1 atom stereocenters. The molecule has 1 aliphatic rings. The number of rotatable bonds is 8. The van der Waals surface area contributed by atoms with Gasteiger partial charge in [0.1, 0.15) is 6.04 Å². The second-order valence-corrected chi connectivity index (χ2v) is 8.93. The largest absolute Gasteiger partial charge is 0.366 e. The van der Waals surface area contributed by atoms with E-state index >= 15 is 0 Å². The molecule has 3 aromatic carbocycles. The molecular weight excluding hydrogens is 430 g/mol. The van der Waals surface area contributed by atoms with Crippen molar-refractivity contribution in [3.05, 3.63) is 119 Å². The standard InChI is InChI=1S/C28H25NO3S/c1-20-10-8-9-15-25(20)26(29-32-28(31)22-11-4-2-5-12-22)27(30)21-16-18-24(19-17-21)33-23-13-6-3-7-14-23/h2-7,9,11-19,26,29H,8,10H2,1H3. The number of allylic oxidation sites excluding steroid dienone is 2. The number of Topliss-reactive ketones (excluding diaryl/α,β-unsaturated/α-hetero) is 1. The molecular formula is C28H25NO3S. The first-order chi connectivity index (χ1) is 16.1. The lowest BCUT2D eigenvalue weighted by Crippen LogP contribution is -2.40. The van der Waals surface area contributed by atoms with Crippen LogP contribution in [0.15, 0.2) is 118 Å². The summed E-state index contributed by atoms with van der Waals surface area (Å²) in [6.07, 6.45) is 5.80. The maximum absolute atomic E-state index is 13.5. The van der Waals surface area contributed by atoms with Crippen molar-refractivity contribution < 1.29 is 14.4 Å². The van der Waals surface area contributed by atoms with Gasteiger partial charge < -0.3 is 4.84 Å². The zero-order valence-electron chi connectivity index (χ0n) is 18.4. The summed E-state index contributed by atoms with van der Waals surface area (Å²) in [6.45, 7) is 2.01. The topological polar surface area (TPSA) is 55.4 Å². The van der Waals surface area contributed by atoms with Gasteiger partial charge in [-0.05, 0) is 61.7 Å². The molecule has 33 heavy (non-hydrogen) atoms. The third-order valence-electron chi connectivity index (χ3n) is 5.45. The third-order valence-corrected chi connectivity index (χ3v) is 6.46. The summed E-state index contributed by atoms with van der Waals surface area (Å²) < 4.78 is 0. The molecule has 1 N–H and O–H groups in total. The molecule has 166 valence electrons. The Morgan fingerprint density at radius 3 is 2.15 bits per heavy atom. The number of benzene rings is 3. The Kier molecular flexibility index (Phi) is 7.55. The Morgan fingerprint density at radius 2 is 1.48 bits per heavy atom. The molecule has 0 amide bonds. The van der Waals surface area contributed by atoms with Crippen LogP contribution in [-0.4, -0.2) is 17.8 Å². The van der Waals surface area contributed by atoms with E-state index in [2.05, 4.69) is 17.6 Å². The first kappa shape index (κ1) is 22.8. The molecule has 0 saturated carbocycles. The lowest BCUT2D eigenvalue weighted by atomic mass is 9.90. The van der Waals surface area contributed by atoms with Gasteiger partial charge in [-0.25, -0.2) is 4.79 Å². The molecule has 1 unspecified atom stereocenters. The van der Waals surface area contributed by atoms with Crippen LogP contribution in [0.5, 0.6) is 0 Å². The smallest absolute Gasteiger partial charge is 0.356 e. The highest BCUT2D eigenvalue weighted by molar-refractivity contribution is 7.99. The van der Waals surface area contributed by atoms with Gasteiger partial charge >= 0.3 is 5.97 Å². The van der Waals surface area contributed by atoms with E-state index in [0.717, 1.165) is 33.8 Å². The van der Waals surface area contributed by atoms with Gasteiger partial charge in [-0.1, -0.05) is 78.0 Å². The summed E-state index contributed by atoms with van der Waals surface area (Å²) in [4.78, 5) is 33.5. The van der Waals surface area contributed by atoms with Crippen molar-refractivity contribution in [3.63, 3.8) is 0 Å². The number of nitrogens with one attached hydrogen (secondary N) is 1. The van der Waals surface area contributed by atoms with Gasteiger partial charge in [0, 0.05) is 15.4 Å². The summed E-state index contributed by atoms with van der Waals surface area (Å²) in [7, 11) is 0. The average Bonchev–Trinajstić information content (AvgIpc) is 2.86. The number of carbonyl (C=O) groups excluding carboxylic acids is 2.